The molecular weight excluding hydrogens is 369 g/mol. The van der Waals surface area contributed by atoms with Crippen LogP contribution in [0.15, 0.2) is 53.4 Å². The van der Waals surface area contributed by atoms with E-state index < -0.39 is 18.4 Å². The lowest BCUT2D eigenvalue weighted by Gasteiger charge is -2.16. The van der Waals surface area contributed by atoms with Gasteiger partial charge in [-0.1, -0.05) is 24.3 Å². The van der Waals surface area contributed by atoms with Crippen molar-refractivity contribution in [3.8, 4) is 0 Å². The minimum atomic E-state index is -0.595. The maximum Gasteiger partial charge on any atom is 0.316 e. The largest absolute Gasteiger partial charge is 0.457 e. The average molecular weight is 387 g/mol. The highest BCUT2D eigenvalue weighted by molar-refractivity contribution is 8.00. The number of esters is 1. The van der Waals surface area contributed by atoms with E-state index in [1.54, 1.807) is 47.4 Å². The van der Waals surface area contributed by atoms with Gasteiger partial charge in [-0.3, -0.25) is 14.4 Å². The van der Waals surface area contributed by atoms with E-state index in [9.17, 15) is 18.8 Å². The summed E-state index contributed by atoms with van der Waals surface area (Å²) in [5.74, 6) is -1.40. The number of ketones is 1. The molecule has 0 spiro atoms. The minimum Gasteiger partial charge on any atom is -0.457 e. The van der Waals surface area contributed by atoms with Gasteiger partial charge in [0, 0.05) is 29.1 Å². The van der Waals surface area contributed by atoms with Crippen LogP contribution in [0.3, 0.4) is 0 Å². The molecule has 0 bridgehead atoms. The third kappa shape index (κ3) is 4.95. The number of halogens is 1. The molecule has 0 N–H and O–H groups in total. The van der Waals surface area contributed by atoms with Gasteiger partial charge < -0.3 is 9.64 Å². The number of carbonyl (C=O) groups is 3. The number of Topliss-reactive ketones (excluding diaryl/α,β-unsaturated/α-hetero) is 1. The molecule has 1 aliphatic rings. The van der Waals surface area contributed by atoms with Gasteiger partial charge in [0.25, 0.3) is 0 Å². The molecule has 0 aromatic heterocycles. The average Bonchev–Trinajstić information content (AvgIpc) is 3.11. The predicted molar refractivity (Wildman–Crippen MR) is 100 cm³/mol. The number of hydrogen-bond donors (Lipinski definition) is 0. The Morgan fingerprint density at radius 3 is 2.70 bits per heavy atom. The maximum atomic E-state index is 13.5. The Hall–Kier alpha value is -2.67. The van der Waals surface area contributed by atoms with E-state index in [4.69, 9.17) is 4.74 Å². The van der Waals surface area contributed by atoms with Crippen LogP contribution in [0.25, 0.3) is 0 Å². The van der Waals surface area contributed by atoms with E-state index in [1.165, 1.54) is 6.07 Å². The van der Waals surface area contributed by atoms with E-state index in [2.05, 4.69) is 0 Å². The molecule has 3 rings (SSSR count). The smallest absolute Gasteiger partial charge is 0.316 e. The second-order valence-corrected chi connectivity index (χ2v) is 7.02. The monoisotopic (exact) mass is 387 g/mol. The van der Waals surface area contributed by atoms with Crippen LogP contribution in [-0.4, -0.2) is 36.6 Å². The van der Waals surface area contributed by atoms with E-state index in [-0.39, 0.29) is 17.4 Å². The lowest BCUT2D eigenvalue weighted by Crippen LogP contribution is -2.24. The van der Waals surface area contributed by atoms with Crippen molar-refractivity contribution in [2.75, 3.05) is 23.8 Å². The zero-order valence-corrected chi connectivity index (χ0v) is 15.3. The highest BCUT2D eigenvalue weighted by Crippen LogP contribution is 2.23. The van der Waals surface area contributed by atoms with Gasteiger partial charge >= 0.3 is 5.97 Å². The second-order valence-electron chi connectivity index (χ2n) is 6.00. The highest BCUT2D eigenvalue weighted by Gasteiger charge is 2.22. The first kappa shape index (κ1) is 19.1. The van der Waals surface area contributed by atoms with Gasteiger partial charge in [-0.25, -0.2) is 4.39 Å². The van der Waals surface area contributed by atoms with Crippen LogP contribution in [0, 0.1) is 5.82 Å². The quantitative estimate of drug-likeness (QED) is 0.414. The lowest BCUT2D eigenvalue weighted by atomic mass is 10.1. The fourth-order valence-electron chi connectivity index (χ4n) is 2.74. The molecule has 7 heteroatoms. The van der Waals surface area contributed by atoms with Gasteiger partial charge in [0.1, 0.15) is 5.82 Å². The number of carbonyl (C=O) groups excluding carboxylic acids is 3. The van der Waals surface area contributed by atoms with Crippen molar-refractivity contribution in [3.05, 3.63) is 59.9 Å². The SMILES string of the molecule is O=C(CSc1ccccc1F)OCC(=O)c1cccc(N2CCCC2=O)c1. The third-order valence-corrected chi connectivity index (χ3v) is 5.12. The summed E-state index contributed by atoms with van der Waals surface area (Å²) >= 11 is 1.02. The lowest BCUT2D eigenvalue weighted by molar-refractivity contribution is -0.139. The molecule has 0 radical (unpaired) electrons. The van der Waals surface area contributed by atoms with E-state index >= 15 is 0 Å². The first-order valence-corrected chi connectivity index (χ1v) is 9.50. The summed E-state index contributed by atoms with van der Waals surface area (Å²) in [5.41, 5.74) is 1.05. The molecule has 1 saturated heterocycles. The molecule has 27 heavy (non-hydrogen) atoms. The van der Waals surface area contributed by atoms with Crippen LogP contribution >= 0.6 is 11.8 Å². The van der Waals surface area contributed by atoms with Crippen LogP contribution in [-0.2, 0) is 14.3 Å². The normalized spacial score (nSPS) is 13.7. The zero-order chi connectivity index (χ0) is 19.2. The minimum absolute atomic E-state index is 0.0381. The van der Waals surface area contributed by atoms with Crippen LogP contribution in [0.4, 0.5) is 10.1 Å². The maximum absolute atomic E-state index is 13.5. The van der Waals surface area contributed by atoms with Gasteiger partial charge in [0.05, 0.1) is 5.75 Å². The third-order valence-electron chi connectivity index (χ3n) is 4.10. The van der Waals surface area contributed by atoms with Crippen molar-refractivity contribution < 1.29 is 23.5 Å². The van der Waals surface area contributed by atoms with Crippen LogP contribution in [0.5, 0.6) is 0 Å². The van der Waals surface area contributed by atoms with Crippen molar-refractivity contribution in [1.29, 1.82) is 0 Å². The summed E-state index contributed by atoms with van der Waals surface area (Å²) in [6, 6.07) is 12.9. The molecule has 0 atom stereocenters. The van der Waals surface area contributed by atoms with Crippen molar-refractivity contribution in [1.82, 2.24) is 0 Å². The fraction of sp³-hybridized carbons (Fsp3) is 0.250. The number of benzene rings is 2. The first-order valence-electron chi connectivity index (χ1n) is 8.51. The molecule has 1 aliphatic heterocycles. The Labute approximate surface area is 160 Å². The summed E-state index contributed by atoms with van der Waals surface area (Å²) in [4.78, 5) is 37.9. The van der Waals surface area contributed by atoms with E-state index in [1.807, 2.05) is 0 Å². The van der Waals surface area contributed by atoms with Gasteiger partial charge in [-0.15, -0.1) is 11.8 Å². The Balaban J connectivity index is 1.52. The molecule has 2 aromatic rings. The number of nitrogens with zero attached hydrogens (tertiary/aromatic N) is 1. The highest BCUT2D eigenvalue weighted by atomic mass is 32.2. The molecule has 1 fully saturated rings. The van der Waals surface area contributed by atoms with Crippen molar-refractivity contribution in [2.45, 2.75) is 17.7 Å². The molecule has 5 nitrogen and oxygen atoms in total. The van der Waals surface area contributed by atoms with Gasteiger partial charge in [-0.2, -0.15) is 0 Å². The van der Waals surface area contributed by atoms with Crippen molar-refractivity contribution in [2.24, 2.45) is 0 Å². The number of rotatable bonds is 7. The number of hydrogen-bond acceptors (Lipinski definition) is 5. The van der Waals surface area contributed by atoms with Crippen LogP contribution in [0.1, 0.15) is 23.2 Å². The Bertz CT molecular complexity index is 871. The van der Waals surface area contributed by atoms with E-state index in [0.29, 0.717) is 29.1 Å². The fourth-order valence-corrected chi connectivity index (χ4v) is 3.48. The number of anilines is 1. The molecule has 1 heterocycles. The zero-order valence-electron chi connectivity index (χ0n) is 14.5. The second kappa shape index (κ2) is 8.81. The number of ether oxygens (including phenoxy) is 1. The first-order chi connectivity index (χ1) is 13.0. The van der Waals surface area contributed by atoms with Crippen molar-refractivity contribution in [3.63, 3.8) is 0 Å². The summed E-state index contributed by atoms with van der Waals surface area (Å²) < 4.78 is 18.5. The summed E-state index contributed by atoms with van der Waals surface area (Å²) in [7, 11) is 0. The van der Waals surface area contributed by atoms with Gasteiger partial charge in [0.2, 0.25) is 5.91 Å². The molecule has 0 saturated carbocycles. The van der Waals surface area contributed by atoms with E-state index in [0.717, 1.165) is 18.2 Å². The Kier molecular flexibility index (Phi) is 6.24. The van der Waals surface area contributed by atoms with Crippen molar-refractivity contribution >= 4 is 35.1 Å². The molecule has 0 aliphatic carbocycles. The predicted octanol–water partition coefficient (Wildman–Crippen LogP) is 3.47. The molecule has 2 aromatic carbocycles. The standard InChI is InChI=1S/C20H18FNO4S/c21-16-7-1-2-8-18(16)27-13-20(25)26-12-17(23)14-5-3-6-15(11-14)22-10-4-9-19(22)24/h1-3,5-8,11H,4,9-10,12-13H2. The molecular formula is C20H18FNO4S. The number of amides is 1. The van der Waals surface area contributed by atoms with Crippen LogP contribution < -0.4 is 4.90 Å². The summed E-state index contributed by atoms with van der Waals surface area (Å²) in [6.45, 7) is 0.243. The Morgan fingerprint density at radius 2 is 1.96 bits per heavy atom. The van der Waals surface area contributed by atoms with Gasteiger partial charge in [0.15, 0.2) is 12.4 Å². The number of thioether (sulfide) groups is 1. The summed E-state index contributed by atoms with van der Waals surface area (Å²) in [6.07, 6.45) is 1.31. The topological polar surface area (TPSA) is 63.7 Å². The van der Waals surface area contributed by atoms with Crippen LogP contribution in [0.2, 0.25) is 0 Å². The molecule has 0 unspecified atom stereocenters. The summed E-state index contributed by atoms with van der Waals surface area (Å²) in [5, 5.41) is 0. The molecule has 1 amide bonds. The molecule has 140 valence electrons. The Morgan fingerprint density at radius 1 is 1.15 bits per heavy atom. The van der Waals surface area contributed by atoms with Gasteiger partial charge in [-0.05, 0) is 30.7 Å².